The lowest BCUT2D eigenvalue weighted by atomic mass is 10.1. The minimum Gasteiger partial charge on any atom is -0.356 e. The van der Waals surface area contributed by atoms with E-state index < -0.39 is 0 Å². The third kappa shape index (κ3) is 5.70. The molecule has 3 rings (SSSR count). The Bertz CT molecular complexity index is 1010. The highest BCUT2D eigenvalue weighted by Crippen LogP contribution is 2.19. The van der Waals surface area contributed by atoms with Crippen LogP contribution >= 0.6 is 11.6 Å². The number of rotatable bonds is 10. The maximum atomic E-state index is 12.8. The Labute approximate surface area is 182 Å². The first-order chi connectivity index (χ1) is 14.5. The van der Waals surface area contributed by atoms with E-state index in [0.717, 1.165) is 42.5 Å². The number of imidazole rings is 1. The minimum absolute atomic E-state index is 0.0167. The number of nitrogens with one attached hydrogen (secondary N) is 1. The lowest BCUT2D eigenvalue weighted by Gasteiger charge is -2.10. The van der Waals surface area contributed by atoms with E-state index in [1.165, 1.54) is 0 Å². The van der Waals surface area contributed by atoms with Crippen LogP contribution < -0.4 is 5.32 Å². The fraction of sp³-hybridized carbons (Fsp3) is 0.375. The van der Waals surface area contributed by atoms with Crippen molar-refractivity contribution in [2.45, 2.75) is 46.1 Å². The Kier molecular flexibility index (Phi) is 7.63. The molecule has 158 valence electrons. The molecular weight excluding hydrogens is 398 g/mol. The predicted molar refractivity (Wildman–Crippen MR) is 121 cm³/mol. The topological polar surface area (TPSA) is 64.0 Å². The summed E-state index contributed by atoms with van der Waals surface area (Å²) in [4.78, 5) is 29.2. The van der Waals surface area contributed by atoms with Crippen molar-refractivity contribution in [2.75, 3.05) is 6.54 Å². The molecule has 0 bridgehead atoms. The van der Waals surface area contributed by atoms with Gasteiger partial charge in [-0.05, 0) is 49.2 Å². The number of carbonyl (C=O) groups is 2. The number of carbonyl (C=O) groups excluding carboxylic acids is 2. The SMILES string of the molecule is CC(C)C(=O)NCCCCCc1nc2ccccc2n1CC(=O)c1ccc(Cl)cc1. The van der Waals surface area contributed by atoms with Gasteiger partial charge in [0.25, 0.3) is 0 Å². The average molecular weight is 426 g/mol. The molecule has 1 aromatic heterocycles. The van der Waals surface area contributed by atoms with Gasteiger partial charge in [-0.1, -0.05) is 44.0 Å². The molecule has 1 N–H and O–H groups in total. The Balaban J connectivity index is 1.64. The molecule has 0 fully saturated rings. The third-order valence-electron chi connectivity index (χ3n) is 5.10. The van der Waals surface area contributed by atoms with Gasteiger partial charge in [0.05, 0.1) is 17.6 Å². The number of amides is 1. The van der Waals surface area contributed by atoms with Crippen LogP contribution in [0.4, 0.5) is 0 Å². The molecule has 5 nitrogen and oxygen atoms in total. The molecule has 0 atom stereocenters. The number of fused-ring (bicyclic) bond motifs is 1. The van der Waals surface area contributed by atoms with Gasteiger partial charge in [0.2, 0.25) is 5.91 Å². The van der Waals surface area contributed by atoms with Gasteiger partial charge in [-0.3, -0.25) is 9.59 Å². The van der Waals surface area contributed by atoms with E-state index in [1.807, 2.05) is 42.7 Å². The van der Waals surface area contributed by atoms with Crippen molar-refractivity contribution in [3.05, 3.63) is 64.9 Å². The number of para-hydroxylation sites is 2. The molecule has 1 heterocycles. The monoisotopic (exact) mass is 425 g/mol. The smallest absolute Gasteiger partial charge is 0.222 e. The maximum absolute atomic E-state index is 12.8. The van der Waals surface area contributed by atoms with E-state index in [-0.39, 0.29) is 24.2 Å². The molecule has 0 radical (unpaired) electrons. The Hall–Kier alpha value is -2.66. The zero-order valence-corrected chi connectivity index (χ0v) is 18.3. The Morgan fingerprint density at radius 3 is 2.50 bits per heavy atom. The fourth-order valence-electron chi connectivity index (χ4n) is 3.36. The number of benzene rings is 2. The van der Waals surface area contributed by atoms with Gasteiger partial charge in [0.15, 0.2) is 5.78 Å². The first-order valence-corrected chi connectivity index (χ1v) is 10.8. The second-order valence-electron chi connectivity index (χ2n) is 7.79. The number of unbranched alkanes of at least 4 members (excludes halogenated alkanes) is 2. The van der Waals surface area contributed by atoms with E-state index in [1.54, 1.807) is 24.3 Å². The molecular formula is C24H28ClN3O2. The lowest BCUT2D eigenvalue weighted by Crippen LogP contribution is -2.28. The van der Waals surface area contributed by atoms with Gasteiger partial charge < -0.3 is 9.88 Å². The number of ketones is 1. The van der Waals surface area contributed by atoms with Gasteiger partial charge >= 0.3 is 0 Å². The van der Waals surface area contributed by atoms with Crippen LogP contribution in [0.15, 0.2) is 48.5 Å². The summed E-state index contributed by atoms with van der Waals surface area (Å²) in [6.45, 7) is 4.74. The number of aryl methyl sites for hydroxylation is 1. The van der Waals surface area contributed by atoms with Crippen LogP contribution in [-0.2, 0) is 17.8 Å². The van der Waals surface area contributed by atoms with Crippen molar-refractivity contribution in [2.24, 2.45) is 5.92 Å². The second kappa shape index (κ2) is 10.4. The van der Waals surface area contributed by atoms with E-state index in [4.69, 9.17) is 16.6 Å². The van der Waals surface area contributed by atoms with Crippen molar-refractivity contribution < 1.29 is 9.59 Å². The van der Waals surface area contributed by atoms with E-state index >= 15 is 0 Å². The van der Waals surface area contributed by atoms with Gasteiger partial charge in [-0.2, -0.15) is 0 Å². The van der Waals surface area contributed by atoms with Crippen LogP contribution in [0, 0.1) is 5.92 Å². The summed E-state index contributed by atoms with van der Waals surface area (Å²) in [5, 5.41) is 3.56. The fourth-order valence-corrected chi connectivity index (χ4v) is 3.49. The number of hydrogen-bond donors (Lipinski definition) is 1. The van der Waals surface area contributed by atoms with Crippen LogP contribution in [0.5, 0.6) is 0 Å². The first kappa shape index (κ1) is 22.0. The average Bonchev–Trinajstić information content (AvgIpc) is 3.08. The van der Waals surface area contributed by atoms with Gasteiger partial charge in [0.1, 0.15) is 5.82 Å². The summed E-state index contributed by atoms with van der Waals surface area (Å²) in [6, 6.07) is 14.9. The van der Waals surface area contributed by atoms with Crippen LogP contribution in [0.1, 0.15) is 49.3 Å². The summed E-state index contributed by atoms with van der Waals surface area (Å²) in [5.41, 5.74) is 2.52. The number of halogens is 1. The number of aromatic nitrogens is 2. The predicted octanol–water partition coefficient (Wildman–Crippen LogP) is 5.06. The normalized spacial score (nSPS) is 11.2. The second-order valence-corrected chi connectivity index (χ2v) is 8.23. The maximum Gasteiger partial charge on any atom is 0.222 e. The minimum atomic E-state index is 0.0167. The molecule has 30 heavy (non-hydrogen) atoms. The van der Waals surface area contributed by atoms with E-state index in [0.29, 0.717) is 17.1 Å². The first-order valence-electron chi connectivity index (χ1n) is 10.5. The highest BCUT2D eigenvalue weighted by atomic mass is 35.5. The molecule has 2 aromatic carbocycles. The molecule has 0 saturated carbocycles. The van der Waals surface area contributed by atoms with Gasteiger partial charge in [-0.25, -0.2) is 4.98 Å². The summed E-state index contributed by atoms with van der Waals surface area (Å²) >= 11 is 5.94. The molecule has 0 spiro atoms. The zero-order valence-electron chi connectivity index (χ0n) is 17.5. The zero-order chi connectivity index (χ0) is 21.5. The van der Waals surface area contributed by atoms with Gasteiger partial charge in [-0.15, -0.1) is 0 Å². The van der Waals surface area contributed by atoms with Crippen molar-refractivity contribution in [3.8, 4) is 0 Å². The van der Waals surface area contributed by atoms with Gasteiger partial charge in [0, 0.05) is 29.5 Å². The van der Waals surface area contributed by atoms with Crippen LogP contribution in [0.25, 0.3) is 11.0 Å². The van der Waals surface area contributed by atoms with E-state index in [2.05, 4.69) is 5.32 Å². The highest BCUT2D eigenvalue weighted by molar-refractivity contribution is 6.30. The number of nitrogens with zero attached hydrogens (tertiary/aromatic N) is 2. The highest BCUT2D eigenvalue weighted by Gasteiger charge is 2.15. The molecule has 3 aromatic rings. The molecule has 0 aliphatic carbocycles. The van der Waals surface area contributed by atoms with Crippen molar-refractivity contribution >= 4 is 34.3 Å². The van der Waals surface area contributed by atoms with Crippen molar-refractivity contribution in [1.29, 1.82) is 0 Å². The van der Waals surface area contributed by atoms with Crippen LogP contribution in [0.3, 0.4) is 0 Å². The largest absolute Gasteiger partial charge is 0.356 e. The van der Waals surface area contributed by atoms with Crippen LogP contribution in [0.2, 0.25) is 5.02 Å². The molecule has 0 unspecified atom stereocenters. The van der Waals surface area contributed by atoms with Crippen molar-refractivity contribution in [3.63, 3.8) is 0 Å². The molecule has 6 heteroatoms. The Morgan fingerprint density at radius 2 is 1.77 bits per heavy atom. The molecule has 0 saturated heterocycles. The number of Topliss-reactive ketones (excluding diaryl/α,β-unsaturated/α-hetero) is 1. The lowest BCUT2D eigenvalue weighted by molar-refractivity contribution is -0.123. The molecule has 0 aliphatic rings. The standard InChI is InChI=1S/C24H28ClN3O2/c1-17(2)24(30)26-15-7-3-4-10-23-27-20-8-5-6-9-21(20)28(23)16-22(29)18-11-13-19(25)14-12-18/h5-6,8-9,11-14,17H,3-4,7,10,15-16H2,1-2H3,(H,26,30). The summed E-state index contributed by atoms with van der Waals surface area (Å²) in [6.07, 6.45) is 3.67. The number of hydrogen-bond acceptors (Lipinski definition) is 3. The Morgan fingerprint density at radius 1 is 1.03 bits per heavy atom. The van der Waals surface area contributed by atoms with Crippen LogP contribution in [-0.4, -0.2) is 27.8 Å². The van der Waals surface area contributed by atoms with Crippen molar-refractivity contribution in [1.82, 2.24) is 14.9 Å². The van der Waals surface area contributed by atoms with E-state index in [9.17, 15) is 9.59 Å². The summed E-state index contributed by atoms with van der Waals surface area (Å²) in [7, 11) is 0. The third-order valence-corrected chi connectivity index (χ3v) is 5.35. The molecule has 0 aliphatic heterocycles. The quantitative estimate of drug-likeness (QED) is 0.365. The molecule has 1 amide bonds. The summed E-state index contributed by atoms with van der Waals surface area (Å²) in [5.74, 6) is 1.07. The summed E-state index contributed by atoms with van der Waals surface area (Å²) < 4.78 is 2.02.